The molecule has 1 aromatic carbocycles. The van der Waals surface area contributed by atoms with Crippen LogP contribution in [-0.2, 0) is 21.2 Å². The number of ether oxygens (including phenoxy) is 1. The van der Waals surface area contributed by atoms with Crippen LogP contribution < -0.4 is 5.32 Å². The summed E-state index contributed by atoms with van der Waals surface area (Å²) in [6, 6.07) is 5.43. The number of hydrogen-bond donors (Lipinski definition) is 1. The SMILES string of the molecule is COC1CCCN(S(=O)(=O)c2ccc3c(c2)CCCN3)C1. The zero-order valence-electron chi connectivity index (χ0n) is 12.3. The first kappa shape index (κ1) is 14.8. The summed E-state index contributed by atoms with van der Waals surface area (Å²) in [6.07, 6.45) is 3.77. The Bertz CT molecular complexity index is 615. The number of nitrogens with zero attached hydrogens (tertiary/aromatic N) is 1. The summed E-state index contributed by atoms with van der Waals surface area (Å²) in [5, 5.41) is 3.31. The van der Waals surface area contributed by atoms with E-state index in [-0.39, 0.29) is 6.10 Å². The minimum absolute atomic E-state index is 0.00724. The number of sulfonamides is 1. The highest BCUT2D eigenvalue weighted by Gasteiger charge is 2.30. The maximum Gasteiger partial charge on any atom is 0.243 e. The average molecular weight is 310 g/mol. The van der Waals surface area contributed by atoms with Crippen molar-refractivity contribution >= 4 is 15.7 Å². The fraction of sp³-hybridized carbons (Fsp3) is 0.600. The highest BCUT2D eigenvalue weighted by Crippen LogP contribution is 2.28. The Balaban J connectivity index is 1.87. The normalized spacial score (nSPS) is 23.4. The molecule has 116 valence electrons. The number of piperidine rings is 1. The molecule has 3 rings (SSSR count). The smallest absolute Gasteiger partial charge is 0.243 e. The third-order valence-corrected chi connectivity index (χ3v) is 6.19. The topological polar surface area (TPSA) is 58.6 Å². The van der Waals surface area contributed by atoms with Crippen LogP contribution in [-0.4, -0.2) is 45.6 Å². The molecule has 5 nitrogen and oxygen atoms in total. The maximum absolute atomic E-state index is 12.8. The van der Waals surface area contributed by atoms with Gasteiger partial charge in [-0.05, 0) is 49.4 Å². The minimum Gasteiger partial charge on any atom is -0.385 e. The number of benzene rings is 1. The predicted octanol–water partition coefficient (Wildman–Crippen LogP) is 1.84. The molecule has 1 unspecified atom stereocenters. The lowest BCUT2D eigenvalue weighted by Crippen LogP contribution is -2.42. The lowest BCUT2D eigenvalue weighted by atomic mass is 10.0. The van der Waals surface area contributed by atoms with E-state index in [0.29, 0.717) is 18.0 Å². The molecule has 1 aromatic rings. The second kappa shape index (κ2) is 5.94. The van der Waals surface area contributed by atoms with E-state index in [1.807, 2.05) is 12.1 Å². The molecule has 0 aromatic heterocycles. The molecule has 6 heteroatoms. The first-order valence-electron chi connectivity index (χ1n) is 7.51. The molecule has 21 heavy (non-hydrogen) atoms. The van der Waals surface area contributed by atoms with Gasteiger partial charge in [-0.1, -0.05) is 0 Å². The number of nitrogens with one attached hydrogen (secondary N) is 1. The van der Waals surface area contributed by atoms with Crippen molar-refractivity contribution in [1.82, 2.24) is 4.31 Å². The van der Waals surface area contributed by atoms with E-state index in [9.17, 15) is 8.42 Å². The van der Waals surface area contributed by atoms with Crippen molar-refractivity contribution in [2.24, 2.45) is 0 Å². The van der Waals surface area contributed by atoms with Crippen molar-refractivity contribution in [2.45, 2.75) is 36.7 Å². The summed E-state index contributed by atoms with van der Waals surface area (Å²) in [7, 11) is -1.77. The van der Waals surface area contributed by atoms with Crippen LogP contribution in [0.15, 0.2) is 23.1 Å². The van der Waals surface area contributed by atoms with E-state index >= 15 is 0 Å². The molecule has 1 atom stereocenters. The van der Waals surface area contributed by atoms with Crippen molar-refractivity contribution in [3.05, 3.63) is 23.8 Å². The van der Waals surface area contributed by atoms with Gasteiger partial charge in [-0.2, -0.15) is 4.31 Å². The fourth-order valence-electron chi connectivity index (χ4n) is 3.08. The van der Waals surface area contributed by atoms with E-state index in [0.717, 1.165) is 43.5 Å². The van der Waals surface area contributed by atoms with Gasteiger partial charge in [-0.25, -0.2) is 8.42 Å². The van der Waals surface area contributed by atoms with Crippen LogP contribution in [0.4, 0.5) is 5.69 Å². The second-order valence-corrected chi connectivity index (χ2v) is 7.65. The average Bonchev–Trinajstić information content (AvgIpc) is 2.54. The van der Waals surface area contributed by atoms with Crippen LogP contribution >= 0.6 is 0 Å². The molecule has 0 saturated carbocycles. The van der Waals surface area contributed by atoms with Gasteiger partial charge >= 0.3 is 0 Å². The van der Waals surface area contributed by atoms with Crippen LogP contribution in [0, 0.1) is 0 Å². The highest BCUT2D eigenvalue weighted by atomic mass is 32.2. The Morgan fingerprint density at radius 2 is 2.19 bits per heavy atom. The van der Waals surface area contributed by atoms with Crippen molar-refractivity contribution in [3.8, 4) is 0 Å². The second-order valence-electron chi connectivity index (χ2n) is 5.71. The van der Waals surface area contributed by atoms with E-state index in [2.05, 4.69) is 5.32 Å². The Morgan fingerprint density at radius 1 is 1.33 bits per heavy atom. The molecular formula is C15H22N2O3S. The molecule has 0 amide bonds. The van der Waals surface area contributed by atoms with Crippen LogP contribution in [0.25, 0.3) is 0 Å². The molecule has 2 heterocycles. The number of rotatable bonds is 3. The molecule has 2 aliphatic rings. The van der Waals surface area contributed by atoms with Gasteiger partial charge in [0.15, 0.2) is 0 Å². The van der Waals surface area contributed by atoms with Gasteiger partial charge in [-0.15, -0.1) is 0 Å². The molecule has 2 aliphatic heterocycles. The predicted molar refractivity (Wildman–Crippen MR) is 82.0 cm³/mol. The summed E-state index contributed by atoms with van der Waals surface area (Å²) >= 11 is 0. The monoisotopic (exact) mass is 310 g/mol. The largest absolute Gasteiger partial charge is 0.385 e. The summed E-state index contributed by atoms with van der Waals surface area (Å²) in [5.74, 6) is 0. The van der Waals surface area contributed by atoms with Crippen LogP contribution in [0.5, 0.6) is 0 Å². The minimum atomic E-state index is -3.41. The highest BCUT2D eigenvalue weighted by molar-refractivity contribution is 7.89. The summed E-state index contributed by atoms with van der Waals surface area (Å²) in [6.45, 7) is 1.99. The van der Waals surface area contributed by atoms with E-state index in [1.54, 1.807) is 17.5 Å². The summed E-state index contributed by atoms with van der Waals surface area (Å²) in [4.78, 5) is 0.404. The first-order valence-corrected chi connectivity index (χ1v) is 8.95. The number of methoxy groups -OCH3 is 1. The molecular weight excluding hydrogens is 288 g/mol. The molecule has 0 spiro atoms. The molecule has 1 fully saturated rings. The number of hydrogen-bond acceptors (Lipinski definition) is 4. The van der Waals surface area contributed by atoms with Crippen LogP contribution in [0.2, 0.25) is 0 Å². The van der Waals surface area contributed by atoms with Gasteiger partial charge < -0.3 is 10.1 Å². The Kier molecular flexibility index (Phi) is 4.19. The van der Waals surface area contributed by atoms with Gasteiger partial charge in [0.05, 0.1) is 11.0 Å². The lowest BCUT2D eigenvalue weighted by molar-refractivity contribution is 0.0572. The third-order valence-electron chi connectivity index (χ3n) is 4.33. The zero-order chi connectivity index (χ0) is 14.9. The number of aryl methyl sites for hydroxylation is 1. The van der Waals surface area contributed by atoms with E-state index in [4.69, 9.17) is 4.74 Å². The Labute approximate surface area is 126 Å². The van der Waals surface area contributed by atoms with E-state index < -0.39 is 10.0 Å². The molecule has 0 aliphatic carbocycles. The molecule has 1 N–H and O–H groups in total. The molecule has 0 radical (unpaired) electrons. The standard InChI is InChI=1S/C15H22N2O3S/c1-20-13-5-3-9-17(11-13)21(18,19)14-6-7-15-12(10-14)4-2-8-16-15/h6-7,10,13,16H,2-5,8-9,11H2,1H3. The molecule has 1 saturated heterocycles. The fourth-order valence-corrected chi connectivity index (χ4v) is 4.64. The first-order chi connectivity index (χ1) is 10.1. The van der Waals surface area contributed by atoms with Gasteiger partial charge in [-0.3, -0.25) is 0 Å². The van der Waals surface area contributed by atoms with Gasteiger partial charge in [0.25, 0.3) is 0 Å². The van der Waals surface area contributed by atoms with Crippen molar-refractivity contribution in [1.29, 1.82) is 0 Å². The number of fused-ring (bicyclic) bond motifs is 1. The maximum atomic E-state index is 12.8. The molecule has 0 bridgehead atoms. The summed E-state index contributed by atoms with van der Waals surface area (Å²) in [5.41, 5.74) is 2.16. The quantitative estimate of drug-likeness (QED) is 0.925. The van der Waals surface area contributed by atoms with Crippen molar-refractivity contribution < 1.29 is 13.2 Å². The van der Waals surface area contributed by atoms with Crippen molar-refractivity contribution in [3.63, 3.8) is 0 Å². The lowest BCUT2D eigenvalue weighted by Gasteiger charge is -2.31. The van der Waals surface area contributed by atoms with Crippen LogP contribution in [0.3, 0.4) is 0 Å². The third kappa shape index (κ3) is 2.93. The summed E-state index contributed by atoms with van der Waals surface area (Å²) < 4.78 is 32.5. The van der Waals surface area contributed by atoms with E-state index in [1.165, 1.54) is 0 Å². The Hall–Kier alpha value is -1.11. The van der Waals surface area contributed by atoms with Crippen LogP contribution in [0.1, 0.15) is 24.8 Å². The Morgan fingerprint density at radius 3 is 3.00 bits per heavy atom. The zero-order valence-corrected chi connectivity index (χ0v) is 13.2. The van der Waals surface area contributed by atoms with Gasteiger partial charge in [0.1, 0.15) is 0 Å². The van der Waals surface area contributed by atoms with Crippen molar-refractivity contribution in [2.75, 3.05) is 32.1 Å². The number of anilines is 1. The van der Waals surface area contributed by atoms with Gasteiger partial charge in [0, 0.05) is 32.4 Å². The van der Waals surface area contributed by atoms with Gasteiger partial charge in [0.2, 0.25) is 10.0 Å².